The lowest BCUT2D eigenvalue weighted by Crippen LogP contribution is -2.17. The SMILES string of the molecule is CSc1ccc(C(=O)/C(=N/OC(=O)c2ccccc2)c2ccccc2)cc1. The normalized spacial score (nSPS) is 11.1. The van der Waals surface area contributed by atoms with Crippen LogP contribution in [0.3, 0.4) is 0 Å². The molecule has 3 rings (SSSR count). The van der Waals surface area contributed by atoms with Gasteiger partial charge in [0.05, 0.1) is 5.56 Å². The highest BCUT2D eigenvalue weighted by Crippen LogP contribution is 2.17. The van der Waals surface area contributed by atoms with E-state index in [-0.39, 0.29) is 11.5 Å². The number of nitrogens with zero attached hydrogens (tertiary/aromatic N) is 1. The third kappa shape index (κ3) is 4.71. The summed E-state index contributed by atoms with van der Waals surface area (Å²) in [6.45, 7) is 0. The molecule has 0 bridgehead atoms. The van der Waals surface area contributed by atoms with Crippen LogP contribution in [-0.4, -0.2) is 23.7 Å². The Morgan fingerprint density at radius 2 is 1.30 bits per heavy atom. The minimum absolute atomic E-state index is 0.0804. The molecule has 3 aromatic carbocycles. The van der Waals surface area contributed by atoms with Crippen molar-refractivity contribution in [2.24, 2.45) is 5.16 Å². The minimum Gasteiger partial charge on any atom is -0.312 e. The van der Waals surface area contributed by atoms with Gasteiger partial charge in [-0.1, -0.05) is 53.7 Å². The number of oxime groups is 1. The molecular formula is C22H17NO3S. The van der Waals surface area contributed by atoms with Crippen molar-refractivity contribution < 1.29 is 14.4 Å². The van der Waals surface area contributed by atoms with Gasteiger partial charge in [0.2, 0.25) is 5.78 Å². The first kappa shape index (κ1) is 18.6. The van der Waals surface area contributed by atoms with Crippen LogP contribution in [0.15, 0.2) is 95.0 Å². The molecule has 27 heavy (non-hydrogen) atoms. The third-order valence-corrected chi connectivity index (χ3v) is 4.59. The number of rotatable bonds is 6. The average molecular weight is 375 g/mol. The molecule has 0 radical (unpaired) electrons. The summed E-state index contributed by atoms with van der Waals surface area (Å²) in [7, 11) is 0. The Labute approximate surface area is 161 Å². The van der Waals surface area contributed by atoms with Gasteiger partial charge in [0.15, 0.2) is 5.71 Å². The molecule has 0 spiro atoms. The highest BCUT2D eigenvalue weighted by molar-refractivity contribution is 7.98. The first-order valence-electron chi connectivity index (χ1n) is 8.27. The number of Topliss-reactive ketones (excluding diaryl/α,β-unsaturated/α-hetero) is 1. The summed E-state index contributed by atoms with van der Waals surface area (Å²) in [6, 6.07) is 24.7. The maximum Gasteiger partial charge on any atom is 0.365 e. The maximum absolute atomic E-state index is 13.0. The Bertz CT molecular complexity index is 952. The molecule has 0 atom stereocenters. The van der Waals surface area contributed by atoms with Crippen molar-refractivity contribution in [2.75, 3.05) is 6.26 Å². The van der Waals surface area contributed by atoms with Crippen LogP contribution in [0, 0.1) is 0 Å². The summed E-state index contributed by atoms with van der Waals surface area (Å²) in [5, 5.41) is 3.90. The largest absolute Gasteiger partial charge is 0.365 e. The van der Waals surface area contributed by atoms with Crippen LogP contribution in [0.25, 0.3) is 0 Å². The molecule has 0 aliphatic rings. The number of hydrogen-bond donors (Lipinski definition) is 0. The second-order valence-electron chi connectivity index (χ2n) is 5.61. The van der Waals surface area contributed by atoms with Gasteiger partial charge in [-0.25, -0.2) is 4.79 Å². The lowest BCUT2D eigenvalue weighted by Gasteiger charge is -2.07. The van der Waals surface area contributed by atoms with Gasteiger partial charge in [-0.15, -0.1) is 11.8 Å². The average Bonchev–Trinajstić information content (AvgIpc) is 2.75. The van der Waals surface area contributed by atoms with E-state index >= 15 is 0 Å². The van der Waals surface area contributed by atoms with E-state index < -0.39 is 5.97 Å². The second-order valence-corrected chi connectivity index (χ2v) is 6.49. The topological polar surface area (TPSA) is 55.7 Å². The van der Waals surface area contributed by atoms with Gasteiger partial charge >= 0.3 is 5.97 Å². The standard InChI is InChI=1S/C22H17NO3S/c1-27-19-14-12-17(13-15-19)21(24)20(16-8-4-2-5-9-16)23-26-22(25)18-10-6-3-7-11-18/h2-15H,1H3/b23-20+. The Kier molecular flexibility index (Phi) is 6.18. The molecule has 3 aromatic rings. The van der Waals surface area contributed by atoms with Crippen LogP contribution in [-0.2, 0) is 4.84 Å². The van der Waals surface area contributed by atoms with Gasteiger partial charge in [0, 0.05) is 16.0 Å². The number of ketones is 1. The monoisotopic (exact) mass is 375 g/mol. The van der Waals surface area contributed by atoms with Crippen LogP contribution in [0.4, 0.5) is 0 Å². The zero-order valence-electron chi connectivity index (χ0n) is 14.7. The van der Waals surface area contributed by atoms with Crippen LogP contribution in [0.1, 0.15) is 26.3 Å². The van der Waals surface area contributed by atoms with Crippen molar-refractivity contribution in [1.82, 2.24) is 0 Å². The smallest absolute Gasteiger partial charge is 0.312 e. The Morgan fingerprint density at radius 1 is 0.741 bits per heavy atom. The van der Waals surface area contributed by atoms with Crippen molar-refractivity contribution in [3.8, 4) is 0 Å². The number of thioether (sulfide) groups is 1. The van der Waals surface area contributed by atoms with E-state index in [9.17, 15) is 9.59 Å². The highest BCUT2D eigenvalue weighted by Gasteiger charge is 2.18. The number of hydrogen-bond acceptors (Lipinski definition) is 5. The fourth-order valence-electron chi connectivity index (χ4n) is 2.41. The first-order valence-corrected chi connectivity index (χ1v) is 9.50. The summed E-state index contributed by atoms with van der Waals surface area (Å²) >= 11 is 1.59. The molecule has 134 valence electrons. The van der Waals surface area contributed by atoms with Gasteiger partial charge in [-0.2, -0.15) is 0 Å². The Morgan fingerprint density at radius 3 is 1.85 bits per heavy atom. The Hall–Kier alpha value is -3.18. The summed E-state index contributed by atoms with van der Waals surface area (Å²) < 4.78 is 0. The van der Waals surface area contributed by atoms with Crippen LogP contribution in [0.2, 0.25) is 0 Å². The lowest BCUT2D eigenvalue weighted by atomic mass is 10.0. The molecule has 4 nitrogen and oxygen atoms in total. The van der Waals surface area contributed by atoms with Gasteiger partial charge in [0.25, 0.3) is 0 Å². The van der Waals surface area contributed by atoms with E-state index in [0.717, 1.165) is 4.90 Å². The fourth-order valence-corrected chi connectivity index (χ4v) is 2.82. The van der Waals surface area contributed by atoms with E-state index in [0.29, 0.717) is 16.7 Å². The molecule has 0 aromatic heterocycles. The summed E-state index contributed by atoms with van der Waals surface area (Å²) in [5.74, 6) is -0.927. The van der Waals surface area contributed by atoms with Crippen molar-refractivity contribution in [1.29, 1.82) is 0 Å². The number of carbonyl (C=O) groups excluding carboxylic acids is 2. The van der Waals surface area contributed by atoms with Gasteiger partial charge in [-0.3, -0.25) is 4.79 Å². The summed E-state index contributed by atoms with van der Waals surface area (Å²) in [4.78, 5) is 31.3. The second kappa shape index (κ2) is 8.96. The van der Waals surface area contributed by atoms with E-state index in [2.05, 4.69) is 5.16 Å². The van der Waals surface area contributed by atoms with Crippen molar-refractivity contribution >= 4 is 29.2 Å². The predicted octanol–water partition coefficient (Wildman–Crippen LogP) is 4.85. The van der Waals surface area contributed by atoms with E-state index in [4.69, 9.17) is 4.84 Å². The first-order chi connectivity index (χ1) is 13.2. The van der Waals surface area contributed by atoms with Crippen molar-refractivity contribution in [3.63, 3.8) is 0 Å². The summed E-state index contributed by atoms with van der Waals surface area (Å²) in [6.07, 6.45) is 1.97. The number of benzene rings is 3. The third-order valence-electron chi connectivity index (χ3n) is 3.84. The number of carbonyl (C=O) groups is 2. The van der Waals surface area contributed by atoms with Gasteiger partial charge in [0.1, 0.15) is 0 Å². The fraction of sp³-hybridized carbons (Fsp3) is 0.0455. The molecule has 5 heteroatoms. The van der Waals surface area contributed by atoms with Gasteiger partial charge < -0.3 is 4.84 Å². The Balaban J connectivity index is 1.91. The zero-order valence-corrected chi connectivity index (χ0v) is 15.5. The zero-order chi connectivity index (χ0) is 19.1. The van der Waals surface area contributed by atoms with Crippen LogP contribution in [0.5, 0.6) is 0 Å². The molecular weight excluding hydrogens is 358 g/mol. The molecule has 0 saturated carbocycles. The molecule has 0 unspecified atom stereocenters. The highest BCUT2D eigenvalue weighted by atomic mass is 32.2. The molecule has 0 aliphatic carbocycles. The minimum atomic E-state index is -0.616. The molecule has 0 aliphatic heterocycles. The van der Waals surface area contributed by atoms with Crippen LogP contribution < -0.4 is 0 Å². The maximum atomic E-state index is 13.0. The molecule has 0 heterocycles. The summed E-state index contributed by atoms with van der Waals surface area (Å²) in [5.41, 5.74) is 1.51. The molecule has 0 N–H and O–H groups in total. The van der Waals surface area contributed by atoms with Gasteiger partial charge in [-0.05, 0) is 42.7 Å². The van der Waals surface area contributed by atoms with E-state index in [1.165, 1.54) is 0 Å². The predicted molar refractivity (Wildman–Crippen MR) is 107 cm³/mol. The quantitative estimate of drug-likeness (QED) is 0.203. The molecule has 0 amide bonds. The lowest BCUT2D eigenvalue weighted by molar-refractivity contribution is 0.0516. The van der Waals surface area contributed by atoms with Crippen molar-refractivity contribution in [3.05, 3.63) is 102 Å². The van der Waals surface area contributed by atoms with Crippen LogP contribution >= 0.6 is 11.8 Å². The van der Waals surface area contributed by atoms with Crippen molar-refractivity contribution in [2.45, 2.75) is 4.90 Å². The van der Waals surface area contributed by atoms with E-state index in [1.54, 1.807) is 78.5 Å². The molecule has 0 fully saturated rings. The van der Waals surface area contributed by atoms with E-state index in [1.807, 2.05) is 24.5 Å². The molecule has 0 saturated heterocycles.